The first kappa shape index (κ1) is 16.8. The molecule has 2 N–H and O–H groups in total. The molecule has 0 radical (unpaired) electrons. The van der Waals surface area contributed by atoms with Crippen LogP contribution in [0.3, 0.4) is 0 Å². The highest BCUT2D eigenvalue weighted by Crippen LogP contribution is 2.21. The molecule has 5 heteroatoms. The number of aliphatic hydroxyl groups excluding tert-OH is 1. The van der Waals surface area contributed by atoms with E-state index in [0.29, 0.717) is 19.4 Å². The number of methoxy groups -OCH3 is 1. The van der Waals surface area contributed by atoms with Crippen molar-refractivity contribution in [3.05, 3.63) is 29.8 Å². The maximum atomic E-state index is 12.2. The molecule has 0 bridgehead atoms. The predicted molar refractivity (Wildman–Crippen MR) is 83.8 cm³/mol. The molecular weight excluding hydrogens is 282 g/mol. The summed E-state index contributed by atoms with van der Waals surface area (Å²) in [5, 5.41) is 19.3. The molecule has 1 atom stereocenters. The lowest BCUT2D eigenvalue weighted by atomic mass is 9.93. The number of likely N-dealkylation sites (tertiary alicyclic amines) is 1. The first-order valence-electron chi connectivity index (χ1n) is 7.80. The molecule has 5 nitrogen and oxygen atoms in total. The summed E-state index contributed by atoms with van der Waals surface area (Å²) in [6, 6.07) is 7.86. The lowest BCUT2D eigenvalue weighted by Crippen LogP contribution is -2.52. The van der Waals surface area contributed by atoms with Crippen LogP contribution in [-0.4, -0.2) is 53.4 Å². The maximum absolute atomic E-state index is 12.2. The van der Waals surface area contributed by atoms with Gasteiger partial charge in [0.05, 0.1) is 20.3 Å². The van der Waals surface area contributed by atoms with Crippen molar-refractivity contribution in [1.29, 1.82) is 0 Å². The maximum Gasteiger partial charge on any atom is 0.222 e. The molecule has 22 heavy (non-hydrogen) atoms. The average Bonchev–Trinajstić information content (AvgIpc) is 2.55. The Kier molecular flexibility index (Phi) is 5.80. The molecule has 1 amide bonds. The zero-order valence-corrected chi connectivity index (χ0v) is 13.1. The van der Waals surface area contributed by atoms with Crippen molar-refractivity contribution in [2.45, 2.75) is 37.7 Å². The Bertz CT molecular complexity index is 488. The van der Waals surface area contributed by atoms with Crippen molar-refractivity contribution < 1.29 is 19.7 Å². The van der Waals surface area contributed by atoms with Gasteiger partial charge in [0.2, 0.25) is 5.91 Å². The van der Waals surface area contributed by atoms with Crippen LogP contribution in [0.15, 0.2) is 24.3 Å². The van der Waals surface area contributed by atoms with E-state index in [0.717, 1.165) is 25.0 Å². The highest BCUT2D eigenvalue weighted by Gasteiger charge is 2.34. The van der Waals surface area contributed by atoms with Gasteiger partial charge in [-0.25, -0.2) is 0 Å². The van der Waals surface area contributed by atoms with Crippen molar-refractivity contribution >= 4 is 5.91 Å². The van der Waals surface area contributed by atoms with Gasteiger partial charge in [-0.2, -0.15) is 0 Å². The fraction of sp³-hybridized carbons (Fsp3) is 0.588. The number of carbonyl (C=O) groups is 1. The fourth-order valence-corrected chi connectivity index (χ4v) is 2.85. The number of carbonyl (C=O) groups excluding carboxylic acids is 1. The van der Waals surface area contributed by atoms with E-state index in [9.17, 15) is 15.0 Å². The summed E-state index contributed by atoms with van der Waals surface area (Å²) < 4.78 is 5.12. The number of benzene rings is 1. The Morgan fingerprint density at radius 1 is 1.36 bits per heavy atom. The summed E-state index contributed by atoms with van der Waals surface area (Å²) in [7, 11) is 1.64. The Balaban J connectivity index is 1.77. The third-order valence-electron chi connectivity index (χ3n) is 4.22. The molecule has 1 saturated heterocycles. The van der Waals surface area contributed by atoms with Gasteiger partial charge in [-0.3, -0.25) is 4.79 Å². The number of ether oxygens (including phenoxy) is 1. The summed E-state index contributed by atoms with van der Waals surface area (Å²) in [6.45, 7) is 0.622. The molecule has 2 rings (SSSR count). The van der Waals surface area contributed by atoms with E-state index in [2.05, 4.69) is 0 Å². The number of β-amino-alcohol motifs (C(OH)–C–C–N with tert-alkyl or cyclic N) is 1. The number of hydrogen-bond acceptors (Lipinski definition) is 4. The quantitative estimate of drug-likeness (QED) is 0.832. The Hall–Kier alpha value is -1.59. The first-order chi connectivity index (χ1) is 10.6. The fourth-order valence-electron chi connectivity index (χ4n) is 2.85. The molecule has 0 aliphatic carbocycles. The van der Waals surface area contributed by atoms with Crippen molar-refractivity contribution in [2.24, 2.45) is 0 Å². The van der Waals surface area contributed by atoms with Crippen LogP contribution >= 0.6 is 0 Å². The second-order valence-electron chi connectivity index (χ2n) is 6.00. The summed E-state index contributed by atoms with van der Waals surface area (Å²) in [4.78, 5) is 13.9. The molecule has 1 fully saturated rings. The van der Waals surface area contributed by atoms with Crippen molar-refractivity contribution in [2.75, 3.05) is 26.8 Å². The molecule has 1 heterocycles. The van der Waals surface area contributed by atoms with E-state index in [1.54, 1.807) is 12.0 Å². The molecule has 1 aromatic carbocycles. The van der Waals surface area contributed by atoms with Gasteiger partial charge in [-0.1, -0.05) is 12.1 Å². The number of aliphatic hydroxyl groups is 2. The lowest BCUT2D eigenvalue weighted by Gasteiger charge is -2.38. The van der Waals surface area contributed by atoms with Gasteiger partial charge >= 0.3 is 0 Å². The van der Waals surface area contributed by atoms with E-state index in [1.807, 2.05) is 24.3 Å². The van der Waals surface area contributed by atoms with Gasteiger partial charge in [-0.05, 0) is 43.4 Å². The molecule has 0 spiro atoms. The van der Waals surface area contributed by atoms with Gasteiger partial charge in [-0.15, -0.1) is 0 Å². The molecule has 1 aliphatic heterocycles. The monoisotopic (exact) mass is 307 g/mol. The van der Waals surface area contributed by atoms with Crippen LogP contribution in [0.5, 0.6) is 5.75 Å². The number of piperidine rings is 1. The Morgan fingerprint density at radius 2 is 2.09 bits per heavy atom. The minimum atomic E-state index is -1.12. The smallest absolute Gasteiger partial charge is 0.222 e. The molecule has 0 saturated carbocycles. The van der Waals surface area contributed by atoms with Crippen LogP contribution in [-0.2, 0) is 11.2 Å². The van der Waals surface area contributed by atoms with Crippen LogP contribution in [0.25, 0.3) is 0 Å². The van der Waals surface area contributed by atoms with Crippen LogP contribution < -0.4 is 4.74 Å². The van der Waals surface area contributed by atoms with Gasteiger partial charge in [0, 0.05) is 13.0 Å². The van der Waals surface area contributed by atoms with E-state index >= 15 is 0 Å². The van der Waals surface area contributed by atoms with Gasteiger partial charge in [0.1, 0.15) is 11.4 Å². The number of hydrogen-bond donors (Lipinski definition) is 2. The first-order valence-corrected chi connectivity index (χ1v) is 7.80. The van der Waals surface area contributed by atoms with E-state index in [1.165, 1.54) is 5.56 Å². The van der Waals surface area contributed by atoms with Gasteiger partial charge in [0.15, 0.2) is 0 Å². The topological polar surface area (TPSA) is 70.0 Å². The van der Waals surface area contributed by atoms with Crippen molar-refractivity contribution in [3.63, 3.8) is 0 Å². The molecule has 1 aromatic rings. The molecular formula is C17H25NO4. The number of nitrogens with zero attached hydrogens (tertiary/aromatic N) is 1. The Morgan fingerprint density at radius 3 is 2.73 bits per heavy atom. The zero-order chi connectivity index (χ0) is 16.0. The molecule has 122 valence electrons. The molecule has 1 aliphatic rings. The van der Waals surface area contributed by atoms with Crippen LogP contribution in [0.1, 0.15) is 31.2 Å². The highest BCUT2D eigenvalue weighted by molar-refractivity contribution is 5.76. The second-order valence-corrected chi connectivity index (χ2v) is 6.00. The van der Waals surface area contributed by atoms with E-state index < -0.39 is 5.60 Å². The molecule has 0 unspecified atom stereocenters. The largest absolute Gasteiger partial charge is 0.497 e. The minimum absolute atomic E-state index is 0.0556. The number of amides is 1. The Labute approximate surface area is 131 Å². The summed E-state index contributed by atoms with van der Waals surface area (Å²) in [5.74, 6) is 0.886. The lowest BCUT2D eigenvalue weighted by molar-refractivity contribution is -0.140. The predicted octanol–water partition coefficient (Wildman–Crippen LogP) is 1.36. The van der Waals surface area contributed by atoms with Crippen molar-refractivity contribution in [3.8, 4) is 5.75 Å². The third-order valence-corrected chi connectivity index (χ3v) is 4.22. The highest BCUT2D eigenvalue weighted by atomic mass is 16.5. The SMILES string of the molecule is COc1ccc(CCCC(=O)N2CCC[C@@](O)(CO)C2)cc1. The van der Waals surface area contributed by atoms with E-state index in [4.69, 9.17) is 4.74 Å². The average molecular weight is 307 g/mol. The van der Waals surface area contributed by atoms with Gasteiger partial charge in [0.25, 0.3) is 0 Å². The van der Waals surface area contributed by atoms with E-state index in [-0.39, 0.29) is 19.1 Å². The van der Waals surface area contributed by atoms with Crippen LogP contribution in [0.2, 0.25) is 0 Å². The summed E-state index contributed by atoms with van der Waals surface area (Å²) >= 11 is 0. The zero-order valence-electron chi connectivity index (χ0n) is 13.1. The van der Waals surface area contributed by atoms with Gasteiger partial charge < -0.3 is 19.8 Å². The summed E-state index contributed by atoms with van der Waals surface area (Å²) in [6.07, 6.45) is 3.38. The second kappa shape index (κ2) is 7.61. The summed E-state index contributed by atoms with van der Waals surface area (Å²) in [5.41, 5.74) is 0.0586. The van der Waals surface area contributed by atoms with Crippen LogP contribution in [0, 0.1) is 0 Å². The standard InChI is InChI=1S/C17H25NO4/c1-22-15-8-6-14(7-9-15)4-2-5-16(20)18-11-3-10-17(21,12-18)13-19/h6-9,19,21H,2-5,10-13H2,1H3/t17-/m0/s1. The molecule has 0 aromatic heterocycles. The normalized spacial score (nSPS) is 21.7. The number of aryl methyl sites for hydroxylation is 1. The minimum Gasteiger partial charge on any atom is -0.497 e. The number of rotatable bonds is 6. The third kappa shape index (κ3) is 4.45. The van der Waals surface area contributed by atoms with Crippen molar-refractivity contribution in [1.82, 2.24) is 4.90 Å². The van der Waals surface area contributed by atoms with Crippen LogP contribution in [0.4, 0.5) is 0 Å².